The topological polar surface area (TPSA) is 69.6 Å². The SMILES string of the molecule is O=C(O)C1CCCCC1C(=O)N1CCCNCC1. The lowest BCUT2D eigenvalue weighted by Gasteiger charge is -2.32. The molecular formula is C13H22N2O3. The second-order valence-corrected chi connectivity index (χ2v) is 5.26. The molecule has 0 bridgehead atoms. The summed E-state index contributed by atoms with van der Waals surface area (Å²) in [6, 6.07) is 0. The van der Waals surface area contributed by atoms with E-state index in [0.29, 0.717) is 13.0 Å². The first-order chi connectivity index (χ1) is 8.70. The van der Waals surface area contributed by atoms with Crippen molar-refractivity contribution in [3.8, 4) is 0 Å². The van der Waals surface area contributed by atoms with E-state index in [1.165, 1.54) is 0 Å². The summed E-state index contributed by atoms with van der Waals surface area (Å²) in [5, 5.41) is 12.5. The van der Waals surface area contributed by atoms with Crippen LogP contribution in [0.1, 0.15) is 32.1 Å². The van der Waals surface area contributed by atoms with Crippen LogP contribution in [0.25, 0.3) is 0 Å². The van der Waals surface area contributed by atoms with Crippen LogP contribution in [0, 0.1) is 11.8 Å². The first-order valence-corrected chi connectivity index (χ1v) is 6.92. The smallest absolute Gasteiger partial charge is 0.307 e. The highest BCUT2D eigenvalue weighted by Gasteiger charge is 2.37. The quantitative estimate of drug-likeness (QED) is 0.761. The van der Waals surface area contributed by atoms with Gasteiger partial charge in [0.05, 0.1) is 11.8 Å². The van der Waals surface area contributed by atoms with Gasteiger partial charge in [0, 0.05) is 19.6 Å². The number of nitrogens with one attached hydrogen (secondary N) is 1. The largest absolute Gasteiger partial charge is 0.481 e. The second-order valence-electron chi connectivity index (χ2n) is 5.26. The molecule has 1 saturated heterocycles. The number of carbonyl (C=O) groups excluding carboxylic acids is 1. The molecule has 5 nitrogen and oxygen atoms in total. The van der Waals surface area contributed by atoms with E-state index in [4.69, 9.17) is 0 Å². The van der Waals surface area contributed by atoms with E-state index in [1.54, 1.807) is 0 Å². The highest BCUT2D eigenvalue weighted by atomic mass is 16.4. The van der Waals surface area contributed by atoms with E-state index in [9.17, 15) is 14.7 Å². The summed E-state index contributed by atoms with van der Waals surface area (Å²) in [6.07, 6.45) is 4.25. The fourth-order valence-electron chi connectivity index (χ4n) is 3.02. The molecule has 1 heterocycles. The van der Waals surface area contributed by atoms with Crippen molar-refractivity contribution in [1.82, 2.24) is 10.2 Å². The van der Waals surface area contributed by atoms with Gasteiger partial charge in [-0.1, -0.05) is 12.8 Å². The molecule has 0 radical (unpaired) electrons. The minimum atomic E-state index is -0.805. The van der Waals surface area contributed by atoms with Gasteiger partial charge in [0.2, 0.25) is 5.91 Å². The summed E-state index contributed by atoms with van der Waals surface area (Å²) in [4.78, 5) is 25.5. The summed E-state index contributed by atoms with van der Waals surface area (Å²) >= 11 is 0. The maximum absolute atomic E-state index is 12.5. The molecule has 0 spiro atoms. The molecule has 102 valence electrons. The first kappa shape index (κ1) is 13.3. The van der Waals surface area contributed by atoms with Crippen molar-refractivity contribution in [3.05, 3.63) is 0 Å². The Hall–Kier alpha value is -1.10. The Morgan fingerprint density at radius 2 is 1.72 bits per heavy atom. The van der Waals surface area contributed by atoms with Gasteiger partial charge in [-0.15, -0.1) is 0 Å². The lowest BCUT2D eigenvalue weighted by molar-refractivity contribution is -0.152. The Morgan fingerprint density at radius 3 is 2.44 bits per heavy atom. The molecule has 0 aromatic rings. The van der Waals surface area contributed by atoms with E-state index in [2.05, 4.69) is 5.32 Å². The zero-order chi connectivity index (χ0) is 13.0. The standard InChI is InChI=1S/C13H22N2O3/c16-12(15-8-3-6-14-7-9-15)10-4-1-2-5-11(10)13(17)18/h10-11,14H,1-9H2,(H,17,18). The van der Waals surface area contributed by atoms with E-state index in [-0.39, 0.29) is 11.8 Å². The van der Waals surface area contributed by atoms with Crippen LogP contribution in [0.15, 0.2) is 0 Å². The molecule has 1 aliphatic heterocycles. The number of nitrogens with zero attached hydrogens (tertiary/aromatic N) is 1. The van der Waals surface area contributed by atoms with Crippen molar-refractivity contribution in [3.63, 3.8) is 0 Å². The normalized spacial score (nSPS) is 29.7. The summed E-state index contributed by atoms with van der Waals surface area (Å²) < 4.78 is 0. The zero-order valence-electron chi connectivity index (χ0n) is 10.7. The Bertz CT molecular complexity index is 311. The maximum Gasteiger partial charge on any atom is 0.307 e. The van der Waals surface area contributed by atoms with Crippen molar-refractivity contribution in [2.24, 2.45) is 11.8 Å². The molecule has 1 aliphatic carbocycles. The molecule has 2 unspecified atom stereocenters. The highest BCUT2D eigenvalue weighted by molar-refractivity contribution is 5.85. The van der Waals surface area contributed by atoms with Crippen molar-refractivity contribution in [2.45, 2.75) is 32.1 Å². The van der Waals surface area contributed by atoms with Gasteiger partial charge in [-0.25, -0.2) is 0 Å². The third-order valence-electron chi connectivity index (χ3n) is 4.05. The van der Waals surface area contributed by atoms with Crippen molar-refractivity contribution >= 4 is 11.9 Å². The monoisotopic (exact) mass is 254 g/mol. The summed E-state index contributed by atoms with van der Waals surface area (Å²) in [6.45, 7) is 3.23. The van der Waals surface area contributed by atoms with Gasteiger partial charge in [-0.05, 0) is 25.8 Å². The Kier molecular flexibility index (Phi) is 4.58. The number of hydrogen-bond acceptors (Lipinski definition) is 3. The fraction of sp³-hybridized carbons (Fsp3) is 0.846. The number of carbonyl (C=O) groups is 2. The van der Waals surface area contributed by atoms with Crippen LogP contribution in [0.4, 0.5) is 0 Å². The second kappa shape index (κ2) is 6.18. The fourth-order valence-corrected chi connectivity index (χ4v) is 3.02. The predicted molar refractivity (Wildman–Crippen MR) is 67.2 cm³/mol. The molecule has 1 saturated carbocycles. The molecule has 18 heavy (non-hydrogen) atoms. The molecule has 2 N–H and O–H groups in total. The molecule has 2 fully saturated rings. The average Bonchev–Trinajstić information content (AvgIpc) is 2.66. The van der Waals surface area contributed by atoms with Crippen LogP contribution in [-0.4, -0.2) is 48.1 Å². The van der Waals surface area contributed by atoms with Crippen LogP contribution >= 0.6 is 0 Å². The lowest BCUT2D eigenvalue weighted by atomic mass is 9.78. The van der Waals surface area contributed by atoms with Crippen LogP contribution in [-0.2, 0) is 9.59 Å². The van der Waals surface area contributed by atoms with Gasteiger partial charge in [0.15, 0.2) is 0 Å². The lowest BCUT2D eigenvalue weighted by Crippen LogP contribution is -2.43. The molecule has 2 rings (SSSR count). The van der Waals surface area contributed by atoms with Gasteiger partial charge in [0.1, 0.15) is 0 Å². The van der Waals surface area contributed by atoms with Gasteiger partial charge >= 0.3 is 5.97 Å². The molecule has 0 aromatic carbocycles. The average molecular weight is 254 g/mol. The first-order valence-electron chi connectivity index (χ1n) is 6.92. The molecule has 5 heteroatoms. The third-order valence-corrected chi connectivity index (χ3v) is 4.05. The Labute approximate surface area is 108 Å². The van der Waals surface area contributed by atoms with Gasteiger partial charge in [-0.3, -0.25) is 9.59 Å². The minimum absolute atomic E-state index is 0.0609. The zero-order valence-corrected chi connectivity index (χ0v) is 10.7. The summed E-state index contributed by atoms with van der Waals surface area (Å²) in [5.41, 5.74) is 0. The summed E-state index contributed by atoms with van der Waals surface area (Å²) in [5.74, 6) is -1.51. The molecule has 1 amide bonds. The minimum Gasteiger partial charge on any atom is -0.481 e. The number of amides is 1. The molecule has 0 aromatic heterocycles. The van der Waals surface area contributed by atoms with E-state index >= 15 is 0 Å². The third kappa shape index (κ3) is 3.02. The van der Waals surface area contributed by atoms with Crippen molar-refractivity contribution in [1.29, 1.82) is 0 Å². The van der Waals surface area contributed by atoms with Gasteiger partial charge in [0.25, 0.3) is 0 Å². The molecule has 2 atom stereocenters. The summed E-state index contributed by atoms with van der Waals surface area (Å²) in [7, 11) is 0. The van der Waals surface area contributed by atoms with Gasteiger partial charge < -0.3 is 15.3 Å². The highest BCUT2D eigenvalue weighted by Crippen LogP contribution is 2.31. The van der Waals surface area contributed by atoms with Crippen molar-refractivity contribution in [2.75, 3.05) is 26.2 Å². The van der Waals surface area contributed by atoms with Crippen LogP contribution in [0.5, 0.6) is 0 Å². The van der Waals surface area contributed by atoms with E-state index < -0.39 is 11.9 Å². The number of rotatable bonds is 2. The number of hydrogen-bond donors (Lipinski definition) is 2. The number of aliphatic carboxylic acids is 1. The van der Waals surface area contributed by atoms with E-state index in [0.717, 1.165) is 45.3 Å². The van der Waals surface area contributed by atoms with Crippen LogP contribution < -0.4 is 5.32 Å². The maximum atomic E-state index is 12.5. The predicted octanol–water partition coefficient (Wildman–Crippen LogP) is 0.699. The Balaban J connectivity index is 2.02. The molecule has 2 aliphatic rings. The van der Waals surface area contributed by atoms with Crippen LogP contribution in [0.3, 0.4) is 0 Å². The molecular weight excluding hydrogens is 232 g/mol. The Morgan fingerprint density at radius 1 is 1.00 bits per heavy atom. The van der Waals surface area contributed by atoms with Crippen LogP contribution in [0.2, 0.25) is 0 Å². The van der Waals surface area contributed by atoms with E-state index in [1.807, 2.05) is 4.90 Å². The van der Waals surface area contributed by atoms with Crippen molar-refractivity contribution < 1.29 is 14.7 Å². The van der Waals surface area contributed by atoms with Gasteiger partial charge in [-0.2, -0.15) is 0 Å². The number of carboxylic acid groups (broad SMARTS) is 1. The number of carboxylic acids is 1.